The van der Waals surface area contributed by atoms with Crippen LogP contribution in [0.4, 0.5) is 0 Å². The van der Waals surface area contributed by atoms with E-state index in [-0.39, 0.29) is 6.10 Å². The van der Waals surface area contributed by atoms with Crippen molar-refractivity contribution in [1.82, 2.24) is 0 Å². The SMILES string of the molecule is CCC1OC=CC=C1C(=O)O. The van der Waals surface area contributed by atoms with Gasteiger partial charge in [-0.1, -0.05) is 6.92 Å². The van der Waals surface area contributed by atoms with Crippen molar-refractivity contribution in [2.75, 3.05) is 0 Å². The van der Waals surface area contributed by atoms with E-state index in [0.717, 1.165) is 0 Å². The number of allylic oxidation sites excluding steroid dienone is 2. The molecule has 1 N–H and O–H groups in total. The predicted molar refractivity (Wildman–Crippen MR) is 40.0 cm³/mol. The van der Waals surface area contributed by atoms with E-state index in [0.29, 0.717) is 12.0 Å². The van der Waals surface area contributed by atoms with Gasteiger partial charge in [-0.3, -0.25) is 0 Å². The third kappa shape index (κ3) is 1.61. The van der Waals surface area contributed by atoms with Crippen molar-refractivity contribution in [2.24, 2.45) is 0 Å². The van der Waals surface area contributed by atoms with Crippen LogP contribution in [0, 0.1) is 0 Å². The van der Waals surface area contributed by atoms with Gasteiger partial charge in [0.2, 0.25) is 0 Å². The van der Waals surface area contributed by atoms with E-state index in [1.807, 2.05) is 6.92 Å². The number of hydrogen-bond donors (Lipinski definition) is 1. The van der Waals surface area contributed by atoms with E-state index in [9.17, 15) is 4.79 Å². The Bertz CT molecular complexity index is 215. The smallest absolute Gasteiger partial charge is 0.335 e. The Hall–Kier alpha value is -1.25. The van der Waals surface area contributed by atoms with Gasteiger partial charge in [0.15, 0.2) is 0 Å². The lowest BCUT2D eigenvalue weighted by Crippen LogP contribution is -2.20. The van der Waals surface area contributed by atoms with Crippen LogP contribution in [0.1, 0.15) is 13.3 Å². The summed E-state index contributed by atoms with van der Waals surface area (Å²) in [5, 5.41) is 8.66. The maximum absolute atomic E-state index is 10.5. The van der Waals surface area contributed by atoms with E-state index in [4.69, 9.17) is 9.84 Å². The van der Waals surface area contributed by atoms with E-state index >= 15 is 0 Å². The van der Waals surface area contributed by atoms with E-state index < -0.39 is 5.97 Å². The van der Waals surface area contributed by atoms with Gasteiger partial charge in [0.1, 0.15) is 6.10 Å². The number of rotatable bonds is 2. The van der Waals surface area contributed by atoms with E-state index in [1.54, 1.807) is 12.2 Å². The molecule has 3 nitrogen and oxygen atoms in total. The Morgan fingerprint density at radius 1 is 1.82 bits per heavy atom. The van der Waals surface area contributed by atoms with Gasteiger partial charge in [0.05, 0.1) is 11.8 Å². The summed E-state index contributed by atoms with van der Waals surface area (Å²) in [5.74, 6) is -0.902. The van der Waals surface area contributed by atoms with Crippen LogP contribution in [0.5, 0.6) is 0 Å². The van der Waals surface area contributed by atoms with E-state index in [2.05, 4.69) is 0 Å². The molecule has 0 saturated heterocycles. The molecule has 0 spiro atoms. The summed E-state index contributed by atoms with van der Waals surface area (Å²) in [7, 11) is 0. The highest BCUT2D eigenvalue weighted by molar-refractivity contribution is 5.88. The Morgan fingerprint density at radius 2 is 2.55 bits per heavy atom. The van der Waals surface area contributed by atoms with Crippen molar-refractivity contribution >= 4 is 5.97 Å². The zero-order chi connectivity index (χ0) is 8.27. The molecule has 0 radical (unpaired) electrons. The van der Waals surface area contributed by atoms with Gasteiger partial charge in [-0.15, -0.1) is 0 Å². The first kappa shape index (κ1) is 7.85. The molecule has 11 heavy (non-hydrogen) atoms. The first-order valence-electron chi connectivity index (χ1n) is 3.51. The molecule has 0 saturated carbocycles. The quantitative estimate of drug-likeness (QED) is 0.652. The summed E-state index contributed by atoms with van der Waals surface area (Å²) in [6.45, 7) is 1.89. The van der Waals surface area contributed by atoms with Crippen LogP contribution in [0.2, 0.25) is 0 Å². The molecule has 0 fully saturated rings. The van der Waals surface area contributed by atoms with Crippen molar-refractivity contribution in [3.63, 3.8) is 0 Å². The monoisotopic (exact) mass is 154 g/mol. The molecular weight excluding hydrogens is 144 g/mol. The fourth-order valence-corrected chi connectivity index (χ4v) is 0.989. The zero-order valence-corrected chi connectivity index (χ0v) is 6.28. The Kier molecular flexibility index (Phi) is 2.31. The lowest BCUT2D eigenvalue weighted by Gasteiger charge is -2.17. The number of hydrogen-bond acceptors (Lipinski definition) is 2. The number of carboxylic acids is 1. The van der Waals surface area contributed by atoms with Gasteiger partial charge < -0.3 is 9.84 Å². The average Bonchev–Trinajstić information content (AvgIpc) is 2.04. The molecule has 3 heteroatoms. The molecule has 1 rings (SSSR count). The van der Waals surface area contributed by atoms with Gasteiger partial charge in [0.25, 0.3) is 0 Å². The molecule has 1 heterocycles. The molecule has 0 amide bonds. The van der Waals surface area contributed by atoms with Crippen molar-refractivity contribution in [2.45, 2.75) is 19.4 Å². The summed E-state index contributed by atoms with van der Waals surface area (Å²) in [6.07, 6.45) is 5.08. The number of carboxylic acid groups (broad SMARTS) is 1. The average molecular weight is 154 g/mol. The second-order valence-electron chi connectivity index (χ2n) is 2.29. The largest absolute Gasteiger partial charge is 0.493 e. The Labute approximate surface area is 65.0 Å². The van der Waals surface area contributed by atoms with Gasteiger partial charge in [-0.2, -0.15) is 0 Å². The lowest BCUT2D eigenvalue weighted by atomic mass is 10.1. The summed E-state index contributed by atoms with van der Waals surface area (Å²) in [4.78, 5) is 10.5. The van der Waals surface area contributed by atoms with Crippen LogP contribution < -0.4 is 0 Å². The summed E-state index contributed by atoms with van der Waals surface area (Å²) in [5.41, 5.74) is 0.329. The number of carbonyl (C=O) groups is 1. The van der Waals surface area contributed by atoms with Gasteiger partial charge in [0, 0.05) is 0 Å². The molecule has 1 atom stereocenters. The molecular formula is C8H10O3. The third-order valence-corrected chi connectivity index (χ3v) is 1.56. The van der Waals surface area contributed by atoms with Crippen molar-refractivity contribution in [3.8, 4) is 0 Å². The topological polar surface area (TPSA) is 46.5 Å². The number of aliphatic carboxylic acids is 1. The van der Waals surface area contributed by atoms with Gasteiger partial charge in [-0.25, -0.2) is 4.79 Å². The van der Waals surface area contributed by atoms with E-state index in [1.165, 1.54) is 6.26 Å². The van der Waals surface area contributed by atoms with Gasteiger partial charge >= 0.3 is 5.97 Å². The van der Waals surface area contributed by atoms with Crippen LogP contribution in [0.25, 0.3) is 0 Å². The van der Waals surface area contributed by atoms with Gasteiger partial charge in [-0.05, 0) is 18.6 Å². The molecule has 1 aliphatic rings. The molecule has 0 aromatic carbocycles. The van der Waals surface area contributed by atoms with Crippen LogP contribution in [0.15, 0.2) is 24.0 Å². The summed E-state index contributed by atoms with van der Waals surface area (Å²) >= 11 is 0. The summed E-state index contributed by atoms with van der Waals surface area (Å²) < 4.78 is 5.07. The zero-order valence-electron chi connectivity index (χ0n) is 6.28. The minimum Gasteiger partial charge on any atom is -0.493 e. The first-order valence-corrected chi connectivity index (χ1v) is 3.51. The molecule has 1 unspecified atom stereocenters. The van der Waals surface area contributed by atoms with Crippen LogP contribution in [-0.4, -0.2) is 17.2 Å². The molecule has 1 aliphatic heterocycles. The molecule has 0 aromatic heterocycles. The van der Waals surface area contributed by atoms with Crippen molar-refractivity contribution in [3.05, 3.63) is 24.0 Å². The van der Waals surface area contributed by atoms with Crippen LogP contribution in [-0.2, 0) is 9.53 Å². The standard InChI is InChI=1S/C8H10O3/c1-2-7-6(8(9)10)4-3-5-11-7/h3-5,7H,2H2,1H3,(H,9,10). The summed E-state index contributed by atoms with van der Waals surface area (Å²) in [6, 6.07) is 0. The molecule has 0 aliphatic carbocycles. The highest BCUT2D eigenvalue weighted by atomic mass is 16.5. The van der Waals surface area contributed by atoms with Crippen LogP contribution in [0.3, 0.4) is 0 Å². The second kappa shape index (κ2) is 3.23. The molecule has 0 bridgehead atoms. The first-order chi connectivity index (χ1) is 5.25. The third-order valence-electron chi connectivity index (χ3n) is 1.56. The fourth-order valence-electron chi connectivity index (χ4n) is 0.989. The maximum atomic E-state index is 10.5. The minimum absolute atomic E-state index is 0.280. The molecule has 0 aromatic rings. The van der Waals surface area contributed by atoms with Crippen molar-refractivity contribution in [1.29, 1.82) is 0 Å². The van der Waals surface area contributed by atoms with Crippen LogP contribution >= 0.6 is 0 Å². The molecule has 60 valence electrons. The van der Waals surface area contributed by atoms with Crippen molar-refractivity contribution < 1.29 is 14.6 Å². The minimum atomic E-state index is -0.902. The Balaban J connectivity index is 2.78. The highest BCUT2D eigenvalue weighted by Gasteiger charge is 2.20. The normalized spacial score (nSPS) is 22.3. The second-order valence-corrected chi connectivity index (χ2v) is 2.29. The number of ether oxygens (including phenoxy) is 1. The fraction of sp³-hybridized carbons (Fsp3) is 0.375. The Morgan fingerprint density at radius 3 is 3.00 bits per heavy atom. The lowest BCUT2D eigenvalue weighted by molar-refractivity contribution is -0.133. The highest BCUT2D eigenvalue weighted by Crippen LogP contribution is 2.15. The predicted octanol–water partition coefficient (Wildman–Crippen LogP) is 1.32. The maximum Gasteiger partial charge on any atom is 0.335 e.